The summed E-state index contributed by atoms with van der Waals surface area (Å²) in [4.78, 5) is 12.7. The number of aliphatic hydroxyl groups is 1. The van der Waals surface area contributed by atoms with E-state index in [4.69, 9.17) is 0 Å². The third-order valence-corrected chi connectivity index (χ3v) is 7.73. The molecule has 0 aliphatic heterocycles. The molecule has 4 rings (SSSR count). The van der Waals surface area contributed by atoms with Crippen LogP contribution in [0, 0.1) is 0 Å². The van der Waals surface area contributed by atoms with Crippen LogP contribution in [0.15, 0.2) is 91.0 Å². The fraction of sp³-hybridized carbons (Fsp3) is 0.265. The van der Waals surface area contributed by atoms with E-state index >= 15 is 0 Å². The van der Waals surface area contributed by atoms with Gasteiger partial charge in [-0.15, -0.1) is 0 Å². The molecule has 0 fully saturated rings. The molecule has 4 aromatic rings. The van der Waals surface area contributed by atoms with Crippen LogP contribution in [0.2, 0.25) is 0 Å². The summed E-state index contributed by atoms with van der Waals surface area (Å²) < 4.78 is 25.4. The van der Waals surface area contributed by atoms with Crippen LogP contribution in [0.4, 0.5) is 5.69 Å². The highest BCUT2D eigenvalue weighted by molar-refractivity contribution is 7.92. The van der Waals surface area contributed by atoms with Crippen LogP contribution in [-0.2, 0) is 34.2 Å². The average Bonchev–Trinajstić information content (AvgIpc) is 2.96. The molecule has 0 radical (unpaired) electrons. The zero-order chi connectivity index (χ0) is 31.9. The number of aromatic hydroxyl groups is 2. The number of phenols is 2. The molecule has 0 saturated carbocycles. The number of nitrogens with one attached hydrogen (secondary N) is 3. The Hall–Kier alpha value is -4.38. The van der Waals surface area contributed by atoms with Gasteiger partial charge >= 0.3 is 0 Å². The van der Waals surface area contributed by atoms with Gasteiger partial charge in [0.1, 0.15) is 11.5 Å². The molecule has 0 aliphatic carbocycles. The molecule has 0 aromatic heterocycles. The van der Waals surface area contributed by atoms with E-state index in [0.717, 1.165) is 34.1 Å². The van der Waals surface area contributed by atoms with E-state index in [1.807, 2.05) is 74.5 Å². The Labute approximate surface area is 258 Å². The molecule has 0 bridgehead atoms. The van der Waals surface area contributed by atoms with Gasteiger partial charge in [0.15, 0.2) is 0 Å². The van der Waals surface area contributed by atoms with Gasteiger partial charge in [0.05, 0.1) is 24.5 Å². The lowest BCUT2D eigenvalue weighted by atomic mass is 9.93. The number of β-amino-alcohol motifs (C(OH)–C–C–N with tert-alkyl or cyclic N) is 1. The number of benzene rings is 4. The van der Waals surface area contributed by atoms with Crippen LogP contribution >= 0.6 is 0 Å². The summed E-state index contributed by atoms with van der Waals surface area (Å²) in [5, 5.41) is 37.1. The van der Waals surface area contributed by atoms with E-state index in [0.29, 0.717) is 18.5 Å². The number of anilines is 1. The number of sulfonamides is 1. The van der Waals surface area contributed by atoms with Crippen molar-refractivity contribution in [3.05, 3.63) is 113 Å². The topological polar surface area (TPSA) is 148 Å². The van der Waals surface area contributed by atoms with Crippen molar-refractivity contribution in [3.8, 4) is 22.6 Å². The lowest BCUT2D eigenvalue weighted by Gasteiger charge is -2.28. The van der Waals surface area contributed by atoms with Crippen molar-refractivity contribution in [3.63, 3.8) is 0 Å². The number of phenolic OH excluding ortho intramolecular Hbond substituents is 2. The van der Waals surface area contributed by atoms with E-state index < -0.39 is 21.7 Å². The SMILES string of the molecule is CC(C)(Cc1cccc(CC(=O)NCc2ccc(-c3ccccc3O)cc2)c1)NC[C@H](O)c1ccc(O)c(NS(C)(=O)=O)c1. The number of rotatable bonds is 13. The molecule has 10 heteroatoms. The molecule has 1 atom stereocenters. The predicted molar refractivity (Wildman–Crippen MR) is 173 cm³/mol. The molecule has 0 aliphatic rings. The molecular formula is C34H39N3O6S. The Balaban J connectivity index is 1.28. The first kappa shape index (κ1) is 32.5. The van der Waals surface area contributed by atoms with Gasteiger partial charge in [-0.1, -0.05) is 72.8 Å². The fourth-order valence-corrected chi connectivity index (χ4v) is 5.49. The van der Waals surface area contributed by atoms with Crippen LogP contribution in [-0.4, -0.2) is 48.0 Å². The highest BCUT2D eigenvalue weighted by atomic mass is 32.2. The summed E-state index contributed by atoms with van der Waals surface area (Å²) in [5.74, 6) is -0.0971. The molecule has 0 saturated heterocycles. The first-order valence-corrected chi connectivity index (χ1v) is 16.1. The number of hydrogen-bond donors (Lipinski definition) is 6. The maximum absolute atomic E-state index is 12.7. The Morgan fingerprint density at radius 1 is 0.841 bits per heavy atom. The fourth-order valence-electron chi connectivity index (χ4n) is 4.92. The van der Waals surface area contributed by atoms with Gasteiger partial charge in [-0.2, -0.15) is 0 Å². The summed E-state index contributed by atoms with van der Waals surface area (Å²) in [6.45, 7) is 4.62. The van der Waals surface area contributed by atoms with Crippen molar-refractivity contribution in [1.82, 2.24) is 10.6 Å². The second kappa shape index (κ2) is 13.9. The van der Waals surface area contributed by atoms with Crippen molar-refractivity contribution in [2.75, 3.05) is 17.5 Å². The van der Waals surface area contributed by atoms with Crippen LogP contribution in [0.3, 0.4) is 0 Å². The van der Waals surface area contributed by atoms with E-state index in [9.17, 15) is 28.5 Å². The van der Waals surface area contributed by atoms with Crippen LogP contribution in [0.5, 0.6) is 11.5 Å². The van der Waals surface area contributed by atoms with Crippen LogP contribution < -0.4 is 15.4 Å². The van der Waals surface area contributed by atoms with Gasteiger partial charge in [-0.05, 0) is 66.3 Å². The molecule has 44 heavy (non-hydrogen) atoms. The van der Waals surface area contributed by atoms with E-state index in [1.165, 1.54) is 12.1 Å². The minimum absolute atomic E-state index is 0.00581. The van der Waals surface area contributed by atoms with Gasteiger partial charge < -0.3 is 26.0 Å². The molecule has 0 heterocycles. The van der Waals surface area contributed by atoms with Gasteiger partial charge in [0, 0.05) is 24.2 Å². The number of para-hydroxylation sites is 1. The minimum atomic E-state index is -3.59. The molecule has 0 unspecified atom stereocenters. The Kier molecular flexibility index (Phi) is 10.3. The molecular weight excluding hydrogens is 578 g/mol. The van der Waals surface area contributed by atoms with Crippen molar-refractivity contribution in [1.29, 1.82) is 0 Å². The average molecular weight is 618 g/mol. The largest absolute Gasteiger partial charge is 0.507 e. The number of hydrogen-bond acceptors (Lipinski definition) is 7. The van der Waals surface area contributed by atoms with Gasteiger partial charge in [-0.3, -0.25) is 9.52 Å². The summed E-state index contributed by atoms with van der Waals surface area (Å²) >= 11 is 0. The maximum Gasteiger partial charge on any atom is 0.229 e. The number of carbonyl (C=O) groups excluding carboxylic acids is 1. The highest BCUT2D eigenvalue weighted by Gasteiger charge is 2.21. The number of carbonyl (C=O) groups is 1. The second-order valence-electron chi connectivity index (χ2n) is 11.6. The van der Waals surface area contributed by atoms with Crippen LogP contribution in [0.25, 0.3) is 11.1 Å². The van der Waals surface area contributed by atoms with Gasteiger partial charge in [0.25, 0.3) is 0 Å². The van der Waals surface area contributed by atoms with E-state index in [2.05, 4.69) is 15.4 Å². The van der Waals surface area contributed by atoms with Crippen molar-refractivity contribution in [2.45, 2.75) is 44.9 Å². The quantitative estimate of drug-likeness (QED) is 0.120. The zero-order valence-corrected chi connectivity index (χ0v) is 25.9. The molecule has 9 nitrogen and oxygen atoms in total. The second-order valence-corrected chi connectivity index (χ2v) is 13.3. The Bertz CT molecular complexity index is 1700. The first-order chi connectivity index (χ1) is 20.8. The van der Waals surface area contributed by atoms with Gasteiger partial charge in [-0.25, -0.2) is 8.42 Å². The maximum atomic E-state index is 12.7. The number of amides is 1. The third kappa shape index (κ3) is 9.57. The van der Waals surface area contributed by atoms with Crippen molar-refractivity contribution >= 4 is 21.6 Å². The Morgan fingerprint density at radius 2 is 1.55 bits per heavy atom. The number of aliphatic hydroxyl groups excluding tert-OH is 1. The third-order valence-electron chi connectivity index (χ3n) is 7.14. The summed E-state index contributed by atoms with van der Waals surface area (Å²) in [5.41, 5.74) is 4.59. The summed E-state index contributed by atoms with van der Waals surface area (Å²) in [6, 6.07) is 27.0. The first-order valence-electron chi connectivity index (χ1n) is 14.2. The summed E-state index contributed by atoms with van der Waals surface area (Å²) in [6.07, 6.45) is 0.920. The zero-order valence-electron chi connectivity index (χ0n) is 25.0. The van der Waals surface area contributed by atoms with Crippen molar-refractivity contribution < 1.29 is 28.5 Å². The monoisotopic (exact) mass is 617 g/mol. The van der Waals surface area contributed by atoms with E-state index in [1.54, 1.807) is 18.2 Å². The smallest absolute Gasteiger partial charge is 0.229 e. The van der Waals surface area contributed by atoms with Gasteiger partial charge in [0.2, 0.25) is 15.9 Å². The Morgan fingerprint density at radius 3 is 2.25 bits per heavy atom. The molecule has 6 N–H and O–H groups in total. The van der Waals surface area contributed by atoms with Crippen LogP contribution in [0.1, 0.15) is 42.2 Å². The normalized spacial score (nSPS) is 12.5. The standard InChI is InChI=1S/C34H39N3O6S/c1-34(2,36-22-32(40)27-15-16-31(39)29(19-27)37-44(3,42)43)20-25-8-6-7-24(17-25)18-33(41)35-21-23-11-13-26(14-12-23)28-9-4-5-10-30(28)38/h4-17,19,32,36-40H,18,20-22H2,1-3H3,(H,35,41)/t32-/m0/s1. The van der Waals surface area contributed by atoms with Crippen molar-refractivity contribution in [2.24, 2.45) is 0 Å². The highest BCUT2D eigenvalue weighted by Crippen LogP contribution is 2.29. The predicted octanol–water partition coefficient (Wildman–Crippen LogP) is 4.64. The molecule has 4 aromatic carbocycles. The summed E-state index contributed by atoms with van der Waals surface area (Å²) in [7, 11) is -3.59. The lowest BCUT2D eigenvalue weighted by Crippen LogP contribution is -2.43. The molecule has 0 spiro atoms. The minimum Gasteiger partial charge on any atom is -0.507 e. The lowest BCUT2D eigenvalue weighted by molar-refractivity contribution is -0.120. The molecule has 1 amide bonds. The van der Waals surface area contributed by atoms with E-state index in [-0.39, 0.29) is 36.1 Å². The molecule has 232 valence electrons.